The van der Waals surface area contributed by atoms with Crippen molar-refractivity contribution in [3.63, 3.8) is 0 Å². The van der Waals surface area contributed by atoms with Gasteiger partial charge in [-0.1, -0.05) is 35.3 Å². The van der Waals surface area contributed by atoms with Gasteiger partial charge in [-0.05, 0) is 37.3 Å². The number of nitrogens with one attached hydrogen (secondary N) is 1. The van der Waals surface area contributed by atoms with Gasteiger partial charge in [-0.3, -0.25) is 4.72 Å². The summed E-state index contributed by atoms with van der Waals surface area (Å²) in [5.74, 6) is 0.452. The number of ether oxygens (including phenoxy) is 1. The third-order valence-electron chi connectivity index (χ3n) is 2.61. The molecule has 4 nitrogen and oxygen atoms in total. The first-order valence-corrected chi connectivity index (χ1v) is 8.37. The summed E-state index contributed by atoms with van der Waals surface area (Å²) in [5.41, 5.74) is 0.352. The fourth-order valence-corrected chi connectivity index (χ4v) is 3.57. The van der Waals surface area contributed by atoms with Crippen LogP contribution in [0.5, 0.6) is 5.75 Å². The molecule has 0 bridgehead atoms. The van der Waals surface area contributed by atoms with Crippen LogP contribution < -0.4 is 9.46 Å². The number of halogens is 2. The van der Waals surface area contributed by atoms with Crippen molar-refractivity contribution in [3.8, 4) is 5.75 Å². The number of para-hydroxylation sites is 2. The molecule has 0 aliphatic heterocycles. The Hall–Kier alpha value is -1.43. The average molecular weight is 346 g/mol. The van der Waals surface area contributed by atoms with E-state index in [1.165, 1.54) is 18.2 Å². The smallest absolute Gasteiger partial charge is 0.263 e. The third-order valence-corrected chi connectivity index (χ3v) is 4.70. The van der Waals surface area contributed by atoms with Gasteiger partial charge in [0.25, 0.3) is 10.0 Å². The average Bonchev–Trinajstić information content (AvgIpc) is 2.40. The van der Waals surface area contributed by atoms with E-state index in [4.69, 9.17) is 27.9 Å². The van der Waals surface area contributed by atoms with E-state index in [9.17, 15) is 8.42 Å². The number of rotatable bonds is 5. The summed E-state index contributed by atoms with van der Waals surface area (Å²) in [4.78, 5) is -0.0418. The van der Waals surface area contributed by atoms with E-state index in [0.717, 1.165) is 0 Å². The molecule has 0 unspecified atom stereocenters. The van der Waals surface area contributed by atoms with E-state index in [1.807, 2.05) is 6.92 Å². The molecule has 0 aromatic heterocycles. The highest BCUT2D eigenvalue weighted by Crippen LogP contribution is 2.30. The Morgan fingerprint density at radius 3 is 2.52 bits per heavy atom. The van der Waals surface area contributed by atoms with Crippen molar-refractivity contribution in [2.45, 2.75) is 11.8 Å². The van der Waals surface area contributed by atoms with Crippen LogP contribution in [0.4, 0.5) is 5.69 Å². The number of sulfonamides is 1. The SMILES string of the molecule is CCOc1ccccc1NS(=O)(=O)c1ccc(Cl)cc1Cl. The third kappa shape index (κ3) is 3.81. The second-order valence-electron chi connectivity index (χ2n) is 4.11. The van der Waals surface area contributed by atoms with Crippen LogP contribution in [-0.4, -0.2) is 15.0 Å². The van der Waals surface area contributed by atoms with Crippen LogP contribution >= 0.6 is 23.2 Å². The molecule has 2 aromatic rings. The summed E-state index contributed by atoms with van der Waals surface area (Å²) < 4.78 is 32.6. The fourth-order valence-electron chi connectivity index (χ4n) is 1.73. The molecule has 0 aliphatic carbocycles. The number of benzene rings is 2. The van der Waals surface area contributed by atoms with Gasteiger partial charge in [0, 0.05) is 5.02 Å². The Bertz CT molecular complexity index is 748. The molecule has 21 heavy (non-hydrogen) atoms. The maximum Gasteiger partial charge on any atom is 0.263 e. The van der Waals surface area contributed by atoms with Crippen molar-refractivity contribution < 1.29 is 13.2 Å². The lowest BCUT2D eigenvalue weighted by atomic mass is 10.3. The molecule has 0 saturated heterocycles. The summed E-state index contributed by atoms with van der Waals surface area (Å²) in [5, 5.41) is 0.428. The molecule has 0 saturated carbocycles. The standard InChI is InChI=1S/C14H13Cl2NO3S/c1-2-20-13-6-4-3-5-12(13)17-21(18,19)14-8-7-10(15)9-11(14)16/h3-9,17H,2H2,1H3. The highest BCUT2D eigenvalue weighted by molar-refractivity contribution is 7.92. The second kappa shape index (κ2) is 6.56. The van der Waals surface area contributed by atoms with Gasteiger partial charge in [-0.25, -0.2) is 8.42 Å². The minimum absolute atomic E-state index is 0.0418. The first-order chi connectivity index (χ1) is 9.94. The Kier molecular flexibility index (Phi) is 4.98. The molecule has 0 aliphatic rings. The molecule has 7 heteroatoms. The van der Waals surface area contributed by atoms with Crippen molar-refractivity contribution >= 4 is 38.9 Å². The predicted octanol–water partition coefficient (Wildman–Crippen LogP) is 4.19. The normalized spacial score (nSPS) is 11.2. The maximum absolute atomic E-state index is 12.4. The number of hydrogen-bond donors (Lipinski definition) is 1. The summed E-state index contributed by atoms with van der Waals surface area (Å²) >= 11 is 11.7. The van der Waals surface area contributed by atoms with E-state index < -0.39 is 10.0 Å². The second-order valence-corrected chi connectivity index (χ2v) is 6.60. The summed E-state index contributed by atoms with van der Waals surface area (Å²) in [6.07, 6.45) is 0. The van der Waals surface area contributed by atoms with Crippen LogP contribution in [-0.2, 0) is 10.0 Å². The van der Waals surface area contributed by atoms with Gasteiger partial charge >= 0.3 is 0 Å². The minimum atomic E-state index is -3.82. The maximum atomic E-state index is 12.4. The molecule has 0 fully saturated rings. The van der Waals surface area contributed by atoms with Gasteiger partial charge in [0.2, 0.25) is 0 Å². The monoisotopic (exact) mass is 345 g/mol. The molecular weight excluding hydrogens is 333 g/mol. The van der Waals surface area contributed by atoms with Crippen molar-refractivity contribution in [3.05, 3.63) is 52.5 Å². The highest BCUT2D eigenvalue weighted by Gasteiger charge is 2.19. The molecule has 0 amide bonds. The van der Waals surface area contributed by atoms with E-state index >= 15 is 0 Å². The lowest BCUT2D eigenvalue weighted by Crippen LogP contribution is -2.14. The number of anilines is 1. The minimum Gasteiger partial charge on any atom is -0.492 e. The molecule has 2 rings (SSSR count). The summed E-state index contributed by atoms with van der Waals surface area (Å²) in [6.45, 7) is 2.25. The molecule has 0 spiro atoms. The van der Waals surface area contributed by atoms with Crippen LogP contribution in [0, 0.1) is 0 Å². The van der Waals surface area contributed by atoms with Crippen LogP contribution in [0.25, 0.3) is 0 Å². The van der Waals surface area contributed by atoms with Crippen LogP contribution in [0.15, 0.2) is 47.4 Å². The van der Waals surface area contributed by atoms with Gasteiger partial charge in [0.1, 0.15) is 10.6 Å². The van der Waals surface area contributed by atoms with Gasteiger partial charge in [0.05, 0.1) is 17.3 Å². The molecular formula is C14H13Cl2NO3S. The first-order valence-electron chi connectivity index (χ1n) is 6.13. The lowest BCUT2D eigenvalue weighted by molar-refractivity contribution is 0.342. The topological polar surface area (TPSA) is 55.4 Å². The molecule has 112 valence electrons. The Morgan fingerprint density at radius 1 is 1.14 bits per heavy atom. The van der Waals surface area contributed by atoms with Crippen LogP contribution in [0.1, 0.15) is 6.92 Å². The Labute approximate surface area is 133 Å². The van der Waals surface area contributed by atoms with Crippen molar-refractivity contribution in [1.82, 2.24) is 0 Å². The zero-order chi connectivity index (χ0) is 15.5. The van der Waals surface area contributed by atoms with Gasteiger partial charge in [-0.15, -0.1) is 0 Å². The van der Waals surface area contributed by atoms with Crippen molar-refractivity contribution in [1.29, 1.82) is 0 Å². The molecule has 2 aromatic carbocycles. The first kappa shape index (κ1) is 15.9. The van der Waals surface area contributed by atoms with Crippen molar-refractivity contribution in [2.75, 3.05) is 11.3 Å². The Morgan fingerprint density at radius 2 is 1.86 bits per heavy atom. The fraction of sp³-hybridized carbons (Fsp3) is 0.143. The predicted molar refractivity (Wildman–Crippen MR) is 84.9 cm³/mol. The van der Waals surface area contributed by atoms with Gasteiger partial charge in [0.15, 0.2) is 0 Å². The highest BCUT2D eigenvalue weighted by atomic mass is 35.5. The zero-order valence-electron chi connectivity index (χ0n) is 11.1. The number of hydrogen-bond acceptors (Lipinski definition) is 3. The van der Waals surface area contributed by atoms with E-state index in [2.05, 4.69) is 4.72 Å². The summed E-state index contributed by atoms with van der Waals surface area (Å²) in [6, 6.07) is 11.0. The quantitative estimate of drug-likeness (QED) is 0.883. The summed E-state index contributed by atoms with van der Waals surface area (Å²) in [7, 11) is -3.82. The van der Waals surface area contributed by atoms with Crippen LogP contribution in [0.3, 0.4) is 0 Å². The largest absolute Gasteiger partial charge is 0.492 e. The van der Waals surface area contributed by atoms with Crippen molar-refractivity contribution in [2.24, 2.45) is 0 Å². The molecule has 0 radical (unpaired) electrons. The van der Waals surface area contributed by atoms with E-state index in [-0.39, 0.29) is 9.92 Å². The van der Waals surface area contributed by atoms with E-state index in [1.54, 1.807) is 24.3 Å². The molecule has 1 N–H and O–H groups in total. The molecule has 0 heterocycles. The van der Waals surface area contributed by atoms with Gasteiger partial charge in [-0.2, -0.15) is 0 Å². The Balaban J connectivity index is 2.38. The lowest BCUT2D eigenvalue weighted by Gasteiger charge is -2.13. The molecule has 0 atom stereocenters. The van der Waals surface area contributed by atoms with Crippen LogP contribution in [0.2, 0.25) is 10.0 Å². The van der Waals surface area contributed by atoms with E-state index in [0.29, 0.717) is 23.1 Å². The zero-order valence-corrected chi connectivity index (χ0v) is 13.5. The van der Waals surface area contributed by atoms with Gasteiger partial charge < -0.3 is 4.74 Å².